The molecule has 1 aromatic carbocycles. The number of aliphatic hydroxyl groups excluding tert-OH is 1. The maximum Gasteiger partial charge on any atom is 0.252 e. The third-order valence-electron chi connectivity index (χ3n) is 5.22. The van der Waals surface area contributed by atoms with Crippen LogP contribution < -0.4 is 5.32 Å². The summed E-state index contributed by atoms with van der Waals surface area (Å²) in [6.45, 7) is 7.18. The predicted octanol–water partition coefficient (Wildman–Crippen LogP) is 2.55. The number of sulfone groups is 1. The molecule has 0 spiro atoms. The zero-order valence-corrected chi connectivity index (χ0v) is 23.3. The normalized spacial score (nSPS) is 15.5. The fraction of sp³-hybridized carbons (Fsp3) is 0.542. The number of hydrogen-bond donors (Lipinski definition) is 2. The van der Waals surface area contributed by atoms with Gasteiger partial charge in [0.05, 0.1) is 17.9 Å². The van der Waals surface area contributed by atoms with Gasteiger partial charge in [-0.05, 0) is 28.8 Å². The Kier molecular flexibility index (Phi) is 10.1. The molecule has 196 valence electrons. The van der Waals surface area contributed by atoms with Crippen LogP contribution in [0.5, 0.6) is 0 Å². The molecule has 2 aromatic rings. The number of amides is 1. The maximum atomic E-state index is 13.3. The van der Waals surface area contributed by atoms with Crippen LogP contribution in [0.3, 0.4) is 0 Å². The summed E-state index contributed by atoms with van der Waals surface area (Å²) in [7, 11) is -7.24. The van der Waals surface area contributed by atoms with Crippen molar-refractivity contribution in [3.8, 4) is 0 Å². The molecular formula is C24H36N2O6S3. The summed E-state index contributed by atoms with van der Waals surface area (Å²) in [5.41, 5.74) is 0.461. The van der Waals surface area contributed by atoms with Gasteiger partial charge in [-0.25, -0.2) is 16.8 Å². The second-order valence-corrected chi connectivity index (χ2v) is 15.5. The number of sulfonamides is 1. The molecule has 0 saturated carbocycles. The van der Waals surface area contributed by atoms with Crippen molar-refractivity contribution in [3.63, 3.8) is 0 Å². The quantitative estimate of drug-likeness (QED) is 0.424. The van der Waals surface area contributed by atoms with E-state index in [1.165, 1.54) is 17.3 Å². The van der Waals surface area contributed by atoms with Gasteiger partial charge >= 0.3 is 0 Å². The van der Waals surface area contributed by atoms with Crippen LogP contribution in [0, 0.1) is 11.3 Å². The minimum absolute atomic E-state index is 0.167. The molecule has 2 rings (SSSR count). The van der Waals surface area contributed by atoms with Gasteiger partial charge in [0, 0.05) is 25.3 Å². The van der Waals surface area contributed by atoms with Crippen LogP contribution in [0.4, 0.5) is 0 Å². The summed E-state index contributed by atoms with van der Waals surface area (Å²) in [6.07, 6.45) is 0.0796. The topological polar surface area (TPSA) is 121 Å². The lowest BCUT2D eigenvalue weighted by atomic mass is 9.96. The lowest BCUT2D eigenvalue weighted by molar-refractivity contribution is -0.125. The number of carbonyl (C=O) groups excluding carboxylic acids is 1. The number of carbonyl (C=O) groups is 1. The summed E-state index contributed by atoms with van der Waals surface area (Å²) < 4.78 is 51.4. The fourth-order valence-corrected chi connectivity index (χ4v) is 7.54. The molecular weight excluding hydrogens is 508 g/mol. The monoisotopic (exact) mass is 544 g/mol. The van der Waals surface area contributed by atoms with Crippen LogP contribution in [-0.4, -0.2) is 69.4 Å². The molecule has 0 bridgehead atoms. The van der Waals surface area contributed by atoms with Crippen molar-refractivity contribution in [2.24, 2.45) is 11.3 Å². The Morgan fingerprint density at radius 2 is 1.71 bits per heavy atom. The first-order chi connectivity index (χ1) is 16.1. The Balaban J connectivity index is 2.32. The molecule has 8 nitrogen and oxygen atoms in total. The summed E-state index contributed by atoms with van der Waals surface area (Å²) in [6, 6.07) is 11.6. The molecule has 0 fully saturated rings. The standard InChI is InChI=1S/C24H36N2O6S3/c1-18(16-34(5,29)30)23(28)25-20(14-19-10-7-6-8-11-19)21(27)15-26(17-24(2,3)4)35(31,32)22-12-9-13-33-22/h6-13,18,20-21,27H,14-17H2,1-5H3,(H,25,28)/t18?,20-,21?/m0/s1. The number of hydrogen-bond acceptors (Lipinski definition) is 7. The first-order valence-electron chi connectivity index (χ1n) is 11.3. The summed E-state index contributed by atoms with van der Waals surface area (Å²) in [5.74, 6) is -1.66. The predicted molar refractivity (Wildman–Crippen MR) is 139 cm³/mol. The lowest BCUT2D eigenvalue weighted by Gasteiger charge is -2.33. The number of thiophene rings is 1. The molecule has 35 heavy (non-hydrogen) atoms. The third kappa shape index (κ3) is 9.64. The number of benzene rings is 1. The van der Waals surface area contributed by atoms with E-state index in [9.17, 15) is 26.7 Å². The van der Waals surface area contributed by atoms with E-state index in [4.69, 9.17) is 0 Å². The lowest BCUT2D eigenvalue weighted by Crippen LogP contribution is -2.52. The Bertz CT molecular complexity index is 1160. The van der Waals surface area contributed by atoms with Crippen LogP contribution >= 0.6 is 11.3 Å². The number of rotatable bonds is 12. The van der Waals surface area contributed by atoms with E-state index >= 15 is 0 Å². The van der Waals surface area contributed by atoms with Crippen molar-refractivity contribution >= 4 is 37.1 Å². The Labute approximate surface area is 213 Å². The molecule has 2 N–H and O–H groups in total. The Morgan fingerprint density at radius 3 is 2.23 bits per heavy atom. The zero-order chi connectivity index (χ0) is 26.4. The summed E-state index contributed by atoms with van der Waals surface area (Å²) in [4.78, 5) is 12.8. The van der Waals surface area contributed by atoms with Gasteiger partial charge in [0.25, 0.3) is 10.0 Å². The van der Waals surface area contributed by atoms with Gasteiger partial charge in [0.1, 0.15) is 14.0 Å². The van der Waals surface area contributed by atoms with Gasteiger partial charge in [-0.1, -0.05) is 64.1 Å². The van der Waals surface area contributed by atoms with Crippen LogP contribution in [0.25, 0.3) is 0 Å². The molecule has 3 atom stereocenters. The van der Waals surface area contributed by atoms with Crippen LogP contribution in [0.15, 0.2) is 52.1 Å². The highest BCUT2D eigenvalue weighted by atomic mass is 32.2. The number of aliphatic hydroxyl groups is 1. The van der Waals surface area contributed by atoms with Gasteiger partial charge < -0.3 is 10.4 Å². The van der Waals surface area contributed by atoms with E-state index in [-0.39, 0.29) is 34.9 Å². The zero-order valence-electron chi connectivity index (χ0n) is 20.8. The minimum Gasteiger partial charge on any atom is -0.390 e. The molecule has 1 aromatic heterocycles. The van der Waals surface area contributed by atoms with Gasteiger partial charge in [0.15, 0.2) is 0 Å². The van der Waals surface area contributed by atoms with Gasteiger partial charge in [-0.15, -0.1) is 11.3 Å². The molecule has 0 aliphatic rings. The first-order valence-corrected chi connectivity index (χ1v) is 15.7. The Morgan fingerprint density at radius 1 is 1.09 bits per heavy atom. The Hall–Kier alpha value is -1.79. The van der Waals surface area contributed by atoms with E-state index in [0.29, 0.717) is 0 Å². The smallest absolute Gasteiger partial charge is 0.252 e. The van der Waals surface area contributed by atoms with E-state index in [0.717, 1.165) is 23.2 Å². The highest BCUT2D eigenvalue weighted by molar-refractivity contribution is 7.91. The molecule has 0 radical (unpaired) electrons. The van der Waals surface area contributed by atoms with Crippen molar-refractivity contribution in [1.82, 2.24) is 9.62 Å². The second kappa shape index (κ2) is 12.0. The number of nitrogens with one attached hydrogen (secondary N) is 1. The van der Waals surface area contributed by atoms with Crippen LogP contribution in [0.1, 0.15) is 33.3 Å². The molecule has 11 heteroatoms. The molecule has 0 aliphatic heterocycles. The fourth-order valence-electron chi connectivity index (χ4n) is 3.66. The maximum absolute atomic E-state index is 13.3. The van der Waals surface area contributed by atoms with Gasteiger partial charge in [-0.2, -0.15) is 4.31 Å². The molecule has 0 aliphatic carbocycles. The van der Waals surface area contributed by atoms with E-state index < -0.39 is 43.8 Å². The minimum atomic E-state index is -3.86. The average Bonchev–Trinajstić information content (AvgIpc) is 3.27. The van der Waals surface area contributed by atoms with Gasteiger partial charge in [0.2, 0.25) is 5.91 Å². The van der Waals surface area contributed by atoms with Crippen LogP contribution in [-0.2, 0) is 31.1 Å². The number of nitrogens with zero attached hydrogens (tertiary/aromatic N) is 1. The highest BCUT2D eigenvalue weighted by Crippen LogP contribution is 2.26. The van der Waals surface area contributed by atoms with Crippen molar-refractivity contribution in [2.45, 2.75) is 50.5 Å². The first kappa shape index (κ1) is 29.4. The van der Waals surface area contributed by atoms with E-state index in [2.05, 4.69) is 5.32 Å². The summed E-state index contributed by atoms with van der Waals surface area (Å²) >= 11 is 1.10. The van der Waals surface area contributed by atoms with Crippen molar-refractivity contribution < 1.29 is 26.7 Å². The molecule has 1 heterocycles. The van der Waals surface area contributed by atoms with Crippen molar-refractivity contribution in [2.75, 3.05) is 25.1 Å². The van der Waals surface area contributed by atoms with Crippen LogP contribution in [0.2, 0.25) is 0 Å². The van der Waals surface area contributed by atoms with Crippen molar-refractivity contribution in [3.05, 3.63) is 53.4 Å². The molecule has 1 amide bonds. The highest BCUT2D eigenvalue weighted by Gasteiger charge is 2.34. The third-order valence-corrected chi connectivity index (χ3v) is 9.51. The van der Waals surface area contributed by atoms with E-state index in [1.54, 1.807) is 11.4 Å². The average molecular weight is 545 g/mol. The molecule has 2 unspecified atom stereocenters. The molecule has 0 saturated heterocycles. The van der Waals surface area contributed by atoms with E-state index in [1.807, 2.05) is 51.1 Å². The van der Waals surface area contributed by atoms with Crippen molar-refractivity contribution in [1.29, 1.82) is 0 Å². The summed E-state index contributed by atoms with van der Waals surface area (Å²) in [5, 5.41) is 15.7. The second-order valence-electron chi connectivity index (χ2n) is 10.2. The largest absolute Gasteiger partial charge is 0.390 e. The van der Waals surface area contributed by atoms with Gasteiger partial charge in [-0.3, -0.25) is 4.79 Å². The SMILES string of the molecule is CC(CS(C)(=O)=O)C(=O)N[C@@H](Cc1ccccc1)C(O)CN(CC(C)(C)C)S(=O)(=O)c1cccs1.